The largest absolute Gasteiger partial charge is 0.397 e. The Bertz CT molecular complexity index is 1560. The van der Waals surface area contributed by atoms with Crippen LogP contribution in [0, 0.1) is 30.9 Å². The number of halogens is 2. The van der Waals surface area contributed by atoms with Gasteiger partial charge in [-0.3, -0.25) is 19.4 Å². The molecule has 0 bridgehead atoms. The zero-order valence-corrected chi connectivity index (χ0v) is 17.4. The molecular formula is C23H18F2N6O2. The number of aromatic nitrogens is 3. The molecule has 8 nitrogen and oxygen atoms in total. The highest BCUT2D eigenvalue weighted by molar-refractivity contribution is 5.89. The molecule has 2 aromatic carbocycles. The number of hydrogen-bond donors (Lipinski definition) is 2. The van der Waals surface area contributed by atoms with Crippen LogP contribution in [0.15, 0.2) is 58.4 Å². The van der Waals surface area contributed by atoms with Gasteiger partial charge in [0.1, 0.15) is 5.69 Å². The van der Waals surface area contributed by atoms with Gasteiger partial charge < -0.3 is 5.73 Å². The molecule has 0 atom stereocenters. The van der Waals surface area contributed by atoms with Gasteiger partial charge in [0.15, 0.2) is 11.6 Å². The third-order valence-corrected chi connectivity index (χ3v) is 5.28. The van der Waals surface area contributed by atoms with Crippen LogP contribution in [0.3, 0.4) is 0 Å². The normalized spacial score (nSPS) is 10.9. The number of nitrogen functional groups attached to an aromatic ring is 1. The van der Waals surface area contributed by atoms with E-state index in [4.69, 9.17) is 18.0 Å². The minimum atomic E-state index is -1.21. The van der Waals surface area contributed by atoms with Gasteiger partial charge in [0.05, 0.1) is 35.5 Å². The van der Waals surface area contributed by atoms with Gasteiger partial charge in [0.2, 0.25) is 0 Å². The third-order valence-electron chi connectivity index (χ3n) is 5.28. The van der Waals surface area contributed by atoms with E-state index in [-0.39, 0.29) is 35.0 Å². The van der Waals surface area contributed by atoms with Gasteiger partial charge >= 0.3 is 5.69 Å². The molecule has 0 amide bonds. The van der Waals surface area contributed by atoms with E-state index >= 15 is 0 Å². The van der Waals surface area contributed by atoms with Gasteiger partial charge in [-0.25, -0.2) is 24.0 Å². The standard InChI is InChI=1S/C23H18F2N6O2/c1-3-8-29-13(2)21(31(27)19-10-17(25)16(24)9-18(19)26)22(32)30(23(29)33)20-12-28-11-14-6-4-5-7-15(14)20/h1,4-7,9-12H,8,26-27H2,2H3. The first-order valence-electron chi connectivity index (χ1n) is 9.68. The van der Waals surface area contributed by atoms with Crippen LogP contribution in [0.2, 0.25) is 0 Å². The zero-order chi connectivity index (χ0) is 23.9. The molecule has 0 aliphatic carbocycles. The van der Waals surface area contributed by atoms with Crippen LogP contribution < -0.4 is 27.8 Å². The lowest BCUT2D eigenvalue weighted by molar-refractivity contribution is 0.509. The molecule has 0 saturated heterocycles. The Kier molecular flexibility index (Phi) is 5.41. The van der Waals surface area contributed by atoms with Crippen molar-refractivity contribution in [3.63, 3.8) is 0 Å². The molecule has 4 aromatic rings. The van der Waals surface area contributed by atoms with Crippen molar-refractivity contribution in [1.82, 2.24) is 14.1 Å². The highest BCUT2D eigenvalue weighted by Gasteiger charge is 2.24. The number of terminal acetylenes is 1. The number of hydrazine groups is 1. The summed E-state index contributed by atoms with van der Waals surface area (Å²) in [5.41, 5.74) is 4.08. The van der Waals surface area contributed by atoms with Gasteiger partial charge in [0.25, 0.3) is 5.56 Å². The Morgan fingerprint density at radius 1 is 1.15 bits per heavy atom. The number of nitrogens with two attached hydrogens (primary N) is 2. The first-order valence-corrected chi connectivity index (χ1v) is 9.68. The first kappa shape index (κ1) is 21.7. The monoisotopic (exact) mass is 448 g/mol. The molecule has 0 fully saturated rings. The van der Waals surface area contributed by atoms with E-state index in [0.717, 1.165) is 21.7 Å². The number of fused-ring (bicyclic) bond motifs is 1. The van der Waals surface area contributed by atoms with Crippen molar-refractivity contribution in [2.75, 3.05) is 10.7 Å². The van der Waals surface area contributed by atoms with Crippen molar-refractivity contribution < 1.29 is 8.78 Å². The Labute approximate surface area is 186 Å². The van der Waals surface area contributed by atoms with Crippen LogP contribution >= 0.6 is 0 Å². The van der Waals surface area contributed by atoms with E-state index in [2.05, 4.69) is 10.9 Å². The molecule has 4 N–H and O–H groups in total. The number of benzene rings is 2. The number of pyridine rings is 1. The maximum Gasteiger partial charge on any atom is 0.336 e. The predicted molar refractivity (Wildman–Crippen MR) is 122 cm³/mol. The molecule has 166 valence electrons. The average molecular weight is 448 g/mol. The molecule has 0 spiro atoms. The van der Waals surface area contributed by atoms with Crippen LogP contribution in [0.5, 0.6) is 0 Å². The minimum absolute atomic E-state index is 0.124. The lowest BCUT2D eigenvalue weighted by atomic mass is 10.1. The van der Waals surface area contributed by atoms with Crippen molar-refractivity contribution in [1.29, 1.82) is 0 Å². The van der Waals surface area contributed by atoms with E-state index in [1.165, 1.54) is 17.7 Å². The Balaban J connectivity index is 2.09. The van der Waals surface area contributed by atoms with Gasteiger partial charge in [0, 0.05) is 29.1 Å². The maximum absolute atomic E-state index is 13.9. The minimum Gasteiger partial charge on any atom is -0.397 e. The van der Waals surface area contributed by atoms with Crippen molar-refractivity contribution in [3.05, 3.63) is 87.0 Å². The third kappa shape index (κ3) is 3.50. The summed E-state index contributed by atoms with van der Waals surface area (Å²) in [5.74, 6) is 6.18. The fraction of sp³-hybridized carbons (Fsp3) is 0.0870. The number of hydrogen-bond acceptors (Lipinski definition) is 6. The summed E-state index contributed by atoms with van der Waals surface area (Å²) in [6, 6.07) is 8.58. The Morgan fingerprint density at radius 3 is 2.58 bits per heavy atom. The summed E-state index contributed by atoms with van der Waals surface area (Å²) in [4.78, 5) is 31.1. The first-order chi connectivity index (χ1) is 15.8. The highest BCUT2D eigenvalue weighted by atomic mass is 19.2. The highest BCUT2D eigenvalue weighted by Crippen LogP contribution is 2.30. The fourth-order valence-electron chi connectivity index (χ4n) is 3.67. The number of nitrogens with zero attached hydrogens (tertiary/aromatic N) is 4. The topological polar surface area (TPSA) is 112 Å². The summed E-state index contributed by atoms with van der Waals surface area (Å²) < 4.78 is 29.6. The lowest BCUT2D eigenvalue weighted by Crippen LogP contribution is -2.45. The maximum atomic E-state index is 13.9. The van der Waals surface area contributed by atoms with Crippen LogP contribution in [0.25, 0.3) is 16.5 Å². The van der Waals surface area contributed by atoms with Gasteiger partial charge in [-0.05, 0) is 6.92 Å². The molecular weight excluding hydrogens is 430 g/mol. The van der Waals surface area contributed by atoms with Gasteiger partial charge in [-0.15, -0.1) is 6.42 Å². The van der Waals surface area contributed by atoms with E-state index in [9.17, 15) is 18.4 Å². The molecule has 0 aliphatic heterocycles. The quantitative estimate of drug-likeness (QED) is 0.215. The summed E-state index contributed by atoms with van der Waals surface area (Å²) in [7, 11) is 0. The molecule has 33 heavy (non-hydrogen) atoms. The summed E-state index contributed by atoms with van der Waals surface area (Å²) >= 11 is 0. The van der Waals surface area contributed by atoms with Crippen LogP contribution in [-0.4, -0.2) is 14.1 Å². The second-order valence-corrected chi connectivity index (χ2v) is 7.22. The lowest BCUT2D eigenvalue weighted by Gasteiger charge is -2.24. The smallest absolute Gasteiger partial charge is 0.336 e. The van der Waals surface area contributed by atoms with Gasteiger partial charge in [-0.1, -0.05) is 30.2 Å². The van der Waals surface area contributed by atoms with E-state index < -0.39 is 22.9 Å². The van der Waals surface area contributed by atoms with E-state index in [1.807, 2.05) is 0 Å². The van der Waals surface area contributed by atoms with E-state index in [0.29, 0.717) is 10.8 Å². The zero-order valence-electron chi connectivity index (χ0n) is 17.4. The predicted octanol–water partition coefficient (Wildman–Crippen LogP) is 2.36. The molecule has 0 saturated carbocycles. The molecule has 2 heterocycles. The van der Waals surface area contributed by atoms with Crippen molar-refractivity contribution in [2.45, 2.75) is 13.5 Å². The molecule has 4 rings (SSSR count). The molecule has 0 unspecified atom stereocenters. The summed E-state index contributed by atoms with van der Waals surface area (Å²) in [6.07, 6.45) is 8.41. The molecule has 0 aliphatic rings. The fourth-order valence-corrected chi connectivity index (χ4v) is 3.67. The molecule has 2 aromatic heterocycles. The SMILES string of the molecule is C#CCn1c(C)c(N(N)c2cc(F)c(F)cc2N)c(=O)n(-c2cncc3ccccc23)c1=O. The number of rotatable bonds is 4. The Hall–Kier alpha value is -4.49. The molecule has 10 heteroatoms. The summed E-state index contributed by atoms with van der Waals surface area (Å²) in [5, 5.41) is 2.10. The van der Waals surface area contributed by atoms with Crippen molar-refractivity contribution in [3.8, 4) is 18.0 Å². The van der Waals surface area contributed by atoms with Crippen molar-refractivity contribution in [2.24, 2.45) is 5.84 Å². The average Bonchev–Trinajstić information content (AvgIpc) is 2.79. The number of anilines is 3. The van der Waals surface area contributed by atoms with Crippen LogP contribution in [0.1, 0.15) is 5.69 Å². The van der Waals surface area contributed by atoms with E-state index in [1.54, 1.807) is 30.5 Å². The second-order valence-electron chi connectivity index (χ2n) is 7.22. The van der Waals surface area contributed by atoms with Crippen molar-refractivity contribution >= 4 is 27.8 Å². The van der Waals surface area contributed by atoms with Crippen LogP contribution in [0.4, 0.5) is 25.8 Å². The summed E-state index contributed by atoms with van der Waals surface area (Å²) in [6.45, 7) is 1.30. The Morgan fingerprint density at radius 2 is 1.85 bits per heavy atom. The second kappa shape index (κ2) is 8.22. The van der Waals surface area contributed by atoms with Gasteiger partial charge in [-0.2, -0.15) is 0 Å². The van der Waals surface area contributed by atoms with Crippen LogP contribution in [-0.2, 0) is 6.54 Å². The molecule has 0 radical (unpaired) electrons.